The van der Waals surface area contributed by atoms with Crippen LogP contribution in [0.25, 0.3) is 20.4 Å². The molecule has 27 heavy (non-hydrogen) atoms. The largest absolute Gasteiger partial charge is 0.242 e. The number of unbranched alkanes of at least 4 members (excludes halogenated alkanes) is 3. The molecule has 0 saturated heterocycles. The lowest BCUT2D eigenvalue weighted by atomic mass is 9.88. The molecule has 1 aliphatic rings. The van der Waals surface area contributed by atoms with Crippen molar-refractivity contribution < 1.29 is 0 Å². The van der Waals surface area contributed by atoms with Crippen LogP contribution >= 0.6 is 23.1 Å². The molecule has 0 atom stereocenters. The molecule has 0 amide bonds. The van der Waals surface area contributed by atoms with Crippen molar-refractivity contribution in [3.05, 3.63) is 23.1 Å². The van der Waals surface area contributed by atoms with Crippen molar-refractivity contribution in [2.45, 2.75) is 83.1 Å². The van der Waals surface area contributed by atoms with Crippen molar-refractivity contribution in [2.24, 2.45) is 0 Å². The Bertz CT molecular complexity index is 932. The Morgan fingerprint density at radius 2 is 1.85 bits per heavy atom. The van der Waals surface area contributed by atoms with Gasteiger partial charge in [0.1, 0.15) is 16.2 Å². The highest BCUT2D eigenvalue weighted by Crippen LogP contribution is 2.41. The van der Waals surface area contributed by atoms with E-state index in [-0.39, 0.29) is 0 Å². The van der Waals surface area contributed by atoms with Crippen LogP contribution in [-0.2, 0) is 19.3 Å². The molecule has 3 heterocycles. The van der Waals surface area contributed by atoms with Crippen LogP contribution in [0.5, 0.6) is 0 Å². The summed E-state index contributed by atoms with van der Waals surface area (Å²) in [6.45, 7) is 4.52. The quantitative estimate of drug-likeness (QED) is 0.239. The molecule has 1 aliphatic carbocycles. The highest BCUT2D eigenvalue weighted by molar-refractivity contribution is 7.99. The highest BCUT2D eigenvalue weighted by Gasteiger charge is 2.22. The molecule has 0 spiro atoms. The molecule has 5 heteroatoms. The fourth-order valence-corrected chi connectivity index (χ4v) is 6.42. The van der Waals surface area contributed by atoms with Gasteiger partial charge in [0, 0.05) is 11.1 Å². The summed E-state index contributed by atoms with van der Waals surface area (Å²) in [6.07, 6.45) is 14.2. The maximum atomic E-state index is 5.12. The first-order chi connectivity index (χ1) is 13.3. The second-order valence-electron chi connectivity index (χ2n) is 7.52. The number of aromatic nitrogens is 3. The van der Waals surface area contributed by atoms with Gasteiger partial charge in [0.15, 0.2) is 0 Å². The predicted octanol–water partition coefficient (Wildman–Crippen LogP) is 6.74. The SMILES string of the molecule is CCCCCCSc1ncnc2c1sc1nc(CCC)c3c(c12)CCCC3. The standard InChI is InChI=1S/C22H29N3S2/c1-3-5-6-9-13-26-22-20-19(23-14-24-22)18-16-12-8-7-11-15(16)17(10-4-2)25-21(18)27-20/h14H,3-13H2,1-2H3. The molecule has 4 rings (SSSR count). The van der Waals surface area contributed by atoms with Crippen LogP contribution in [0.1, 0.15) is 75.6 Å². The fraction of sp³-hybridized carbons (Fsp3) is 0.591. The zero-order valence-electron chi connectivity index (χ0n) is 16.5. The summed E-state index contributed by atoms with van der Waals surface area (Å²) in [4.78, 5) is 15.6. The zero-order chi connectivity index (χ0) is 18.6. The van der Waals surface area contributed by atoms with Gasteiger partial charge in [-0.1, -0.05) is 39.5 Å². The van der Waals surface area contributed by atoms with E-state index in [4.69, 9.17) is 9.97 Å². The Balaban J connectivity index is 1.75. The number of thioether (sulfide) groups is 1. The molecule has 144 valence electrons. The minimum atomic E-state index is 1.09. The lowest BCUT2D eigenvalue weighted by Crippen LogP contribution is -2.09. The average Bonchev–Trinajstić information content (AvgIpc) is 3.07. The normalized spacial score (nSPS) is 14.1. The van der Waals surface area contributed by atoms with E-state index in [1.165, 1.54) is 77.5 Å². The van der Waals surface area contributed by atoms with Gasteiger partial charge in [-0.15, -0.1) is 23.1 Å². The number of pyridine rings is 1. The van der Waals surface area contributed by atoms with Crippen LogP contribution in [0.2, 0.25) is 0 Å². The third kappa shape index (κ3) is 3.86. The first kappa shape index (κ1) is 19.1. The summed E-state index contributed by atoms with van der Waals surface area (Å²) in [6, 6.07) is 0. The van der Waals surface area contributed by atoms with E-state index in [1.54, 1.807) is 11.9 Å². The predicted molar refractivity (Wildman–Crippen MR) is 118 cm³/mol. The number of hydrogen-bond donors (Lipinski definition) is 0. The van der Waals surface area contributed by atoms with Gasteiger partial charge in [-0.3, -0.25) is 0 Å². The molecule has 0 unspecified atom stereocenters. The topological polar surface area (TPSA) is 38.7 Å². The lowest BCUT2D eigenvalue weighted by molar-refractivity contribution is 0.675. The van der Waals surface area contributed by atoms with Gasteiger partial charge in [-0.2, -0.15) is 0 Å². The van der Waals surface area contributed by atoms with Crippen molar-refractivity contribution in [1.29, 1.82) is 0 Å². The Labute approximate surface area is 170 Å². The highest BCUT2D eigenvalue weighted by atomic mass is 32.2. The van der Waals surface area contributed by atoms with Crippen LogP contribution < -0.4 is 0 Å². The third-order valence-corrected chi connectivity index (χ3v) is 7.78. The van der Waals surface area contributed by atoms with Crippen molar-refractivity contribution in [3.8, 4) is 0 Å². The lowest BCUT2D eigenvalue weighted by Gasteiger charge is -2.19. The molecular formula is C22H29N3S2. The molecule has 0 aliphatic heterocycles. The van der Waals surface area contributed by atoms with E-state index in [0.717, 1.165) is 29.1 Å². The van der Waals surface area contributed by atoms with E-state index < -0.39 is 0 Å². The van der Waals surface area contributed by atoms with E-state index in [2.05, 4.69) is 18.8 Å². The van der Waals surface area contributed by atoms with Crippen LogP contribution in [0.4, 0.5) is 0 Å². The van der Waals surface area contributed by atoms with Crippen molar-refractivity contribution in [3.63, 3.8) is 0 Å². The van der Waals surface area contributed by atoms with Gasteiger partial charge in [0.05, 0.1) is 10.2 Å². The van der Waals surface area contributed by atoms with Crippen LogP contribution in [-0.4, -0.2) is 20.7 Å². The van der Waals surface area contributed by atoms with E-state index >= 15 is 0 Å². The van der Waals surface area contributed by atoms with E-state index in [1.807, 2.05) is 23.1 Å². The minimum Gasteiger partial charge on any atom is -0.242 e. The molecular weight excluding hydrogens is 370 g/mol. The third-order valence-electron chi connectivity index (χ3n) is 5.50. The summed E-state index contributed by atoms with van der Waals surface area (Å²) in [5.74, 6) is 1.15. The number of hydrogen-bond acceptors (Lipinski definition) is 5. The first-order valence-corrected chi connectivity index (χ1v) is 12.3. The number of thiophene rings is 1. The maximum Gasteiger partial charge on any atom is 0.126 e. The van der Waals surface area contributed by atoms with Gasteiger partial charge in [-0.25, -0.2) is 15.0 Å². The van der Waals surface area contributed by atoms with Crippen molar-refractivity contribution in [2.75, 3.05) is 5.75 Å². The molecule has 0 N–H and O–H groups in total. The molecule has 0 fully saturated rings. The Morgan fingerprint density at radius 3 is 2.67 bits per heavy atom. The minimum absolute atomic E-state index is 1.09. The van der Waals surface area contributed by atoms with Crippen molar-refractivity contribution in [1.82, 2.24) is 15.0 Å². The van der Waals surface area contributed by atoms with Gasteiger partial charge < -0.3 is 0 Å². The fourth-order valence-electron chi connectivity index (χ4n) is 4.16. The summed E-state index contributed by atoms with van der Waals surface area (Å²) >= 11 is 3.71. The molecule has 0 bridgehead atoms. The second kappa shape index (κ2) is 8.87. The molecule has 3 nitrogen and oxygen atoms in total. The Morgan fingerprint density at radius 1 is 1.00 bits per heavy atom. The summed E-state index contributed by atoms with van der Waals surface area (Å²) in [5, 5.41) is 2.49. The number of fused-ring (bicyclic) bond motifs is 5. The summed E-state index contributed by atoms with van der Waals surface area (Å²) < 4.78 is 1.25. The first-order valence-electron chi connectivity index (χ1n) is 10.5. The van der Waals surface area contributed by atoms with Crippen LogP contribution in [0.3, 0.4) is 0 Å². The molecule has 0 saturated carbocycles. The molecule has 3 aromatic rings. The molecule has 3 aromatic heterocycles. The second-order valence-corrected chi connectivity index (χ2v) is 9.60. The summed E-state index contributed by atoms with van der Waals surface area (Å²) in [7, 11) is 0. The maximum absolute atomic E-state index is 5.12. The smallest absolute Gasteiger partial charge is 0.126 e. The Hall–Kier alpha value is -1.20. The van der Waals surface area contributed by atoms with Gasteiger partial charge in [0.2, 0.25) is 0 Å². The van der Waals surface area contributed by atoms with Gasteiger partial charge >= 0.3 is 0 Å². The zero-order valence-corrected chi connectivity index (χ0v) is 18.1. The average molecular weight is 400 g/mol. The van der Waals surface area contributed by atoms with Crippen molar-refractivity contribution >= 4 is 43.5 Å². The number of rotatable bonds is 8. The number of nitrogens with zero attached hydrogens (tertiary/aromatic N) is 3. The van der Waals surface area contributed by atoms with Crippen LogP contribution in [0, 0.1) is 0 Å². The van der Waals surface area contributed by atoms with Gasteiger partial charge in [0.25, 0.3) is 0 Å². The van der Waals surface area contributed by atoms with E-state index in [0.29, 0.717) is 0 Å². The van der Waals surface area contributed by atoms with Gasteiger partial charge in [-0.05, 0) is 55.4 Å². The molecule has 0 radical (unpaired) electrons. The summed E-state index contributed by atoms with van der Waals surface area (Å²) in [5.41, 5.74) is 5.56. The van der Waals surface area contributed by atoms with Crippen LogP contribution in [0.15, 0.2) is 11.4 Å². The number of aryl methyl sites for hydroxylation is 2. The van der Waals surface area contributed by atoms with E-state index in [9.17, 15) is 0 Å². The Kier molecular flexibility index (Phi) is 6.28. The monoisotopic (exact) mass is 399 g/mol. The molecule has 0 aromatic carbocycles.